The lowest BCUT2D eigenvalue weighted by molar-refractivity contribution is -0.139. The normalized spacial score (nSPS) is 13.7. The predicted octanol–water partition coefficient (Wildman–Crippen LogP) is 0.575. The first-order chi connectivity index (χ1) is 7.35. The van der Waals surface area contributed by atoms with Crippen LogP contribution in [-0.2, 0) is 29.1 Å². The average molecular weight is 244 g/mol. The highest BCUT2D eigenvalue weighted by Gasteiger charge is 2.33. The Kier molecular flexibility index (Phi) is 3.85. The Balaban J connectivity index is 2.60. The van der Waals surface area contributed by atoms with Crippen molar-refractivity contribution in [3.63, 3.8) is 0 Å². The van der Waals surface area contributed by atoms with Gasteiger partial charge < -0.3 is 5.11 Å². The number of carboxylic acids is 1. The fourth-order valence-electron chi connectivity index (χ4n) is 1.20. The van der Waals surface area contributed by atoms with Crippen LogP contribution < -0.4 is 0 Å². The monoisotopic (exact) mass is 244 g/mol. The first kappa shape index (κ1) is 12.9. The molecule has 90 valence electrons. The molecule has 0 saturated carbocycles. The zero-order chi connectivity index (χ0) is 12.3. The maximum Gasteiger partial charge on any atom is 0.321 e. The summed E-state index contributed by atoms with van der Waals surface area (Å²) in [6.07, 6.45) is 2.24. The summed E-state index contributed by atoms with van der Waals surface area (Å²) in [5.41, 5.74) is 0.953. The molecular formula is C10H16N2O3S. The fraction of sp³-hybridized carbons (Fsp3) is 0.600. The molecule has 0 aliphatic rings. The summed E-state index contributed by atoms with van der Waals surface area (Å²) in [6.45, 7) is 2.96. The van der Waals surface area contributed by atoms with Gasteiger partial charge in [-0.25, -0.2) is 0 Å². The van der Waals surface area contributed by atoms with Crippen LogP contribution in [0.3, 0.4) is 0 Å². The molecule has 1 N–H and O–H groups in total. The third kappa shape index (κ3) is 2.69. The van der Waals surface area contributed by atoms with Crippen LogP contribution in [0.1, 0.15) is 19.5 Å². The predicted molar refractivity (Wildman–Crippen MR) is 61.6 cm³/mol. The zero-order valence-electron chi connectivity index (χ0n) is 9.64. The topological polar surface area (TPSA) is 72.2 Å². The standard InChI is InChI=1S/C10H16N2O3S/c1-10(2,9(13)14)16(15)7-5-8-4-6-11-12(8)3/h4,6H,5,7H2,1-3H3,(H,13,14). The minimum absolute atomic E-state index is 0.332. The summed E-state index contributed by atoms with van der Waals surface area (Å²) in [5, 5.41) is 12.9. The summed E-state index contributed by atoms with van der Waals surface area (Å²) in [7, 11) is 0.412. The van der Waals surface area contributed by atoms with Crippen molar-refractivity contribution in [1.29, 1.82) is 0 Å². The Morgan fingerprint density at radius 3 is 2.69 bits per heavy atom. The molecule has 1 unspecified atom stereocenters. The second-order valence-corrected chi connectivity index (χ2v) is 6.18. The molecule has 0 amide bonds. The van der Waals surface area contributed by atoms with Crippen LogP contribution in [-0.4, -0.2) is 35.6 Å². The molecular weight excluding hydrogens is 228 g/mol. The van der Waals surface area contributed by atoms with Crippen molar-refractivity contribution in [3.8, 4) is 0 Å². The number of hydrogen-bond donors (Lipinski definition) is 1. The van der Waals surface area contributed by atoms with E-state index >= 15 is 0 Å². The SMILES string of the molecule is Cn1nccc1CCS(=O)C(C)(C)C(=O)O. The first-order valence-electron chi connectivity index (χ1n) is 4.94. The molecule has 1 atom stereocenters. The van der Waals surface area contributed by atoms with Crippen molar-refractivity contribution >= 4 is 16.8 Å². The lowest BCUT2D eigenvalue weighted by Gasteiger charge is -2.18. The molecule has 0 spiro atoms. The minimum atomic E-state index is -1.39. The van der Waals surface area contributed by atoms with Crippen molar-refractivity contribution in [2.45, 2.75) is 25.0 Å². The highest BCUT2D eigenvalue weighted by atomic mass is 32.2. The molecule has 1 aromatic heterocycles. The second kappa shape index (κ2) is 4.78. The van der Waals surface area contributed by atoms with Crippen LogP contribution in [0.4, 0.5) is 0 Å². The van der Waals surface area contributed by atoms with Crippen molar-refractivity contribution in [1.82, 2.24) is 9.78 Å². The van der Waals surface area contributed by atoms with Gasteiger partial charge in [0.1, 0.15) is 4.75 Å². The fourth-order valence-corrected chi connectivity index (χ4v) is 2.30. The molecule has 5 nitrogen and oxygen atoms in total. The van der Waals surface area contributed by atoms with Crippen molar-refractivity contribution in [2.24, 2.45) is 7.05 Å². The van der Waals surface area contributed by atoms with E-state index in [1.165, 1.54) is 13.8 Å². The molecule has 0 saturated heterocycles. The number of aryl methyl sites for hydroxylation is 2. The van der Waals surface area contributed by atoms with Gasteiger partial charge in [0.15, 0.2) is 0 Å². The molecule has 6 heteroatoms. The number of rotatable bonds is 5. The van der Waals surface area contributed by atoms with Crippen LogP contribution >= 0.6 is 0 Å². The van der Waals surface area contributed by atoms with E-state index < -0.39 is 21.5 Å². The molecule has 0 radical (unpaired) electrons. The molecule has 16 heavy (non-hydrogen) atoms. The third-order valence-corrected chi connectivity index (χ3v) is 4.44. The molecule has 0 aliphatic heterocycles. The number of aliphatic carboxylic acids is 1. The van der Waals surface area contributed by atoms with Crippen LogP contribution in [0.2, 0.25) is 0 Å². The van der Waals surface area contributed by atoms with Crippen LogP contribution in [0.15, 0.2) is 12.3 Å². The van der Waals surface area contributed by atoms with Gasteiger partial charge >= 0.3 is 5.97 Å². The van der Waals surface area contributed by atoms with Gasteiger partial charge in [-0.1, -0.05) is 0 Å². The zero-order valence-corrected chi connectivity index (χ0v) is 10.5. The molecule has 0 fully saturated rings. The molecule has 1 rings (SSSR count). The number of nitrogens with zero attached hydrogens (tertiary/aromatic N) is 2. The maximum atomic E-state index is 11.8. The lowest BCUT2D eigenvalue weighted by Crippen LogP contribution is -2.38. The minimum Gasteiger partial charge on any atom is -0.480 e. The average Bonchev–Trinajstić information content (AvgIpc) is 2.60. The van der Waals surface area contributed by atoms with E-state index in [0.29, 0.717) is 12.2 Å². The molecule has 0 aliphatic carbocycles. The van der Waals surface area contributed by atoms with Crippen LogP contribution in [0.25, 0.3) is 0 Å². The van der Waals surface area contributed by atoms with Gasteiger partial charge in [0.25, 0.3) is 0 Å². The third-order valence-electron chi connectivity index (χ3n) is 2.55. The van der Waals surface area contributed by atoms with Gasteiger partial charge in [-0.05, 0) is 19.9 Å². The maximum absolute atomic E-state index is 11.8. The van der Waals surface area contributed by atoms with Gasteiger partial charge in [0, 0.05) is 41.9 Å². The Hall–Kier alpha value is -1.17. The van der Waals surface area contributed by atoms with E-state index in [-0.39, 0.29) is 0 Å². The Bertz CT molecular complexity index is 412. The highest BCUT2D eigenvalue weighted by Crippen LogP contribution is 2.14. The number of hydrogen-bond acceptors (Lipinski definition) is 3. The van der Waals surface area contributed by atoms with E-state index in [9.17, 15) is 9.00 Å². The quantitative estimate of drug-likeness (QED) is 0.822. The molecule has 1 heterocycles. The number of carbonyl (C=O) groups is 1. The summed E-state index contributed by atoms with van der Waals surface area (Å²) >= 11 is 0. The number of aromatic nitrogens is 2. The Morgan fingerprint density at radius 2 is 2.25 bits per heavy atom. The smallest absolute Gasteiger partial charge is 0.321 e. The van der Waals surface area contributed by atoms with Crippen LogP contribution in [0.5, 0.6) is 0 Å². The first-order valence-corrected chi connectivity index (χ1v) is 6.26. The summed E-state index contributed by atoms with van der Waals surface area (Å²) in [4.78, 5) is 10.9. The van der Waals surface area contributed by atoms with Crippen molar-refractivity contribution < 1.29 is 14.1 Å². The van der Waals surface area contributed by atoms with E-state index in [2.05, 4.69) is 5.10 Å². The van der Waals surface area contributed by atoms with Gasteiger partial charge in [0.2, 0.25) is 0 Å². The highest BCUT2D eigenvalue weighted by molar-refractivity contribution is 7.87. The van der Waals surface area contributed by atoms with Gasteiger partial charge in [-0.2, -0.15) is 5.10 Å². The van der Waals surface area contributed by atoms with Gasteiger partial charge in [-0.3, -0.25) is 13.7 Å². The number of carboxylic acid groups (broad SMARTS) is 1. The summed E-state index contributed by atoms with van der Waals surface area (Å²) < 4.78 is 12.3. The van der Waals surface area contributed by atoms with Crippen molar-refractivity contribution in [3.05, 3.63) is 18.0 Å². The molecule has 1 aromatic rings. The van der Waals surface area contributed by atoms with Crippen LogP contribution in [0, 0.1) is 0 Å². The largest absolute Gasteiger partial charge is 0.480 e. The van der Waals surface area contributed by atoms with E-state index in [1.54, 1.807) is 17.9 Å². The molecule has 0 aromatic carbocycles. The van der Waals surface area contributed by atoms with Gasteiger partial charge in [-0.15, -0.1) is 0 Å². The lowest BCUT2D eigenvalue weighted by atomic mass is 10.2. The second-order valence-electron chi connectivity index (χ2n) is 4.06. The van der Waals surface area contributed by atoms with Crippen molar-refractivity contribution in [2.75, 3.05) is 5.75 Å². The van der Waals surface area contributed by atoms with E-state index in [4.69, 9.17) is 5.11 Å². The van der Waals surface area contributed by atoms with E-state index in [1.807, 2.05) is 6.07 Å². The Labute approximate surface area is 96.9 Å². The summed E-state index contributed by atoms with van der Waals surface area (Å²) in [6, 6.07) is 1.84. The van der Waals surface area contributed by atoms with E-state index in [0.717, 1.165) is 5.69 Å². The molecule has 0 bridgehead atoms. The summed E-state index contributed by atoms with van der Waals surface area (Å²) in [5.74, 6) is -0.699. The van der Waals surface area contributed by atoms with Gasteiger partial charge in [0.05, 0.1) is 0 Å². The Morgan fingerprint density at radius 1 is 1.62 bits per heavy atom.